The third-order valence-electron chi connectivity index (χ3n) is 2.96. The van der Waals surface area contributed by atoms with E-state index in [1.807, 2.05) is 31.2 Å². The summed E-state index contributed by atoms with van der Waals surface area (Å²) in [5.74, 6) is -0.00298. The molecule has 0 fully saturated rings. The van der Waals surface area contributed by atoms with Crippen molar-refractivity contribution in [2.75, 3.05) is 6.61 Å². The minimum Gasteiger partial charge on any atom is -0.494 e. The molecule has 0 bridgehead atoms. The van der Waals surface area contributed by atoms with E-state index in [4.69, 9.17) is 9.84 Å². The van der Waals surface area contributed by atoms with Crippen molar-refractivity contribution in [2.24, 2.45) is 0 Å². The summed E-state index contributed by atoms with van der Waals surface area (Å²) in [6, 6.07) is 7.68. The average Bonchev–Trinajstić information content (AvgIpc) is 2.88. The van der Waals surface area contributed by atoms with E-state index in [-0.39, 0.29) is 6.42 Å². The molecular weight excluding hydrogens is 286 g/mol. The summed E-state index contributed by atoms with van der Waals surface area (Å²) in [4.78, 5) is 16.3. The Balaban J connectivity index is 2.27. The first-order valence-electron chi connectivity index (χ1n) is 7.07. The van der Waals surface area contributed by atoms with Crippen molar-refractivity contribution >= 4 is 17.3 Å². The summed E-state index contributed by atoms with van der Waals surface area (Å²) in [7, 11) is 0. The SMILES string of the molecule is CCCOc1ccc(-c2nc(CC)sc2CC(=O)O)cc1. The third-order valence-corrected chi connectivity index (χ3v) is 4.16. The van der Waals surface area contributed by atoms with Crippen molar-refractivity contribution in [3.8, 4) is 17.0 Å². The number of aromatic nitrogens is 1. The van der Waals surface area contributed by atoms with Crippen LogP contribution in [0.25, 0.3) is 11.3 Å². The van der Waals surface area contributed by atoms with Gasteiger partial charge in [0.15, 0.2) is 0 Å². The van der Waals surface area contributed by atoms with Crippen LogP contribution in [0.15, 0.2) is 24.3 Å². The first-order valence-corrected chi connectivity index (χ1v) is 7.89. The Hall–Kier alpha value is -1.88. The van der Waals surface area contributed by atoms with Crippen molar-refractivity contribution in [3.63, 3.8) is 0 Å². The number of carbonyl (C=O) groups is 1. The van der Waals surface area contributed by atoms with E-state index in [2.05, 4.69) is 11.9 Å². The van der Waals surface area contributed by atoms with Gasteiger partial charge in [0.1, 0.15) is 5.75 Å². The zero-order valence-electron chi connectivity index (χ0n) is 12.3. The summed E-state index contributed by atoms with van der Waals surface area (Å²) >= 11 is 1.48. The van der Waals surface area contributed by atoms with E-state index in [1.165, 1.54) is 11.3 Å². The number of carboxylic acids is 1. The summed E-state index contributed by atoms with van der Waals surface area (Å²) in [6.07, 6.45) is 1.80. The molecule has 0 saturated heterocycles. The van der Waals surface area contributed by atoms with Crippen LogP contribution in [0.2, 0.25) is 0 Å². The number of hydrogen-bond donors (Lipinski definition) is 1. The molecule has 0 spiro atoms. The van der Waals surface area contributed by atoms with Crippen molar-refractivity contribution in [1.29, 1.82) is 0 Å². The quantitative estimate of drug-likeness (QED) is 0.845. The number of rotatable bonds is 7. The van der Waals surface area contributed by atoms with Gasteiger partial charge in [-0.15, -0.1) is 11.3 Å². The number of nitrogens with zero attached hydrogens (tertiary/aromatic N) is 1. The molecule has 0 aliphatic rings. The van der Waals surface area contributed by atoms with Gasteiger partial charge >= 0.3 is 5.97 Å². The van der Waals surface area contributed by atoms with E-state index in [0.29, 0.717) is 6.61 Å². The average molecular weight is 305 g/mol. The molecule has 1 aromatic heterocycles. The van der Waals surface area contributed by atoms with Crippen LogP contribution in [-0.4, -0.2) is 22.7 Å². The number of thiazole rings is 1. The third kappa shape index (κ3) is 4.04. The molecule has 5 heteroatoms. The Morgan fingerprint density at radius 1 is 1.29 bits per heavy atom. The normalized spacial score (nSPS) is 10.6. The van der Waals surface area contributed by atoms with Crippen LogP contribution in [0.3, 0.4) is 0 Å². The van der Waals surface area contributed by atoms with Gasteiger partial charge in [0.05, 0.1) is 23.7 Å². The van der Waals surface area contributed by atoms with Gasteiger partial charge < -0.3 is 9.84 Å². The lowest BCUT2D eigenvalue weighted by atomic mass is 10.1. The maximum Gasteiger partial charge on any atom is 0.308 e. The summed E-state index contributed by atoms with van der Waals surface area (Å²) in [5.41, 5.74) is 1.72. The predicted molar refractivity (Wildman–Crippen MR) is 84.1 cm³/mol. The second-order valence-electron chi connectivity index (χ2n) is 4.68. The predicted octanol–water partition coefficient (Wildman–Crippen LogP) is 3.79. The Kier molecular flexibility index (Phi) is 5.33. The summed E-state index contributed by atoms with van der Waals surface area (Å²) in [6.45, 7) is 4.78. The van der Waals surface area contributed by atoms with Gasteiger partial charge in [-0.05, 0) is 37.1 Å². The number of hydrogen-bond acceptors (Lipinski definition) is 4. The van der Waals surface area contributed by atoms with Crippen LogP contribution < -0.4 is 4.74 Å². The zero-order chi connectivity index (χ0) is 15.2. The number of carboxylic acid groups (broad SMARTS) is 1. The lowest BCUT2D eigenvalue weighted by Gasteiger charge is -2.05. The van der Waals surface area contributed by atoms with E-state index < -0.39 is 5.97 Å². The Labute approximate surface area is 128 Å². The maximum absolute atomic E-state index is 11.0. The van der Waals surface area contributed by atoms with Crippen molar-refractivity contribution in [3.05, 3.63) is 34.2 Å². The molecule has 0 aliphatic heterocycles. The van der Waals surface area contributed by atoms with Crippen molar-refractivity contribution in [1.82, 2.24) is 4.98 Å². The fourth-order valence-corrected chi connectivity index (χ4v) is 2.98. The van der Waals surface area contributed by atoms with E-state index >= 15 is 0 Å². The highest BCUT2D eigenvalue weighted by molar-refractivity contribution is 7.12. The van der Waals surface area contributed by atoms with Gasteiger partial charge in [-0.3, -0.25) is 4.79 Å². The second-order valence-corrected chi connectivity index (χ2v) is 5.84. The molecule has 2 rings (SSSR count). The minimum absolute atomic E-state index is 0.0150. The van der Waals surface area contributed by atoms with Crippen LogP contribution in [-0.2, 0) is 17.6 Å². The molecule has 1 aromatic carbocycles. The second kappa shape index (κ2) is 7.22. The van der Waals surface area contributed by atoms with Crippen LogP contribution in [0, 0.1) is 0 Å². The highest BCUT2D eigenvalue weighted by Crippen LogP contribution is 2.30. The minimum atomic E-state index is -0.828. The molecule has 0 atom stereocenters. The molecule has 0 saturated carbocycles. The molecule has 112 valence electrons. The maximum atomic E-state index is 11.0. The van der Waals surface area contributed by atoms with Crippen molar-refractivity contribution in [2.45, 2.75) is 33.1 Å². The van der Waals surface area contributed by atoms with Gasteiger partial charge in [0, 0.05) is 10.4 Å². The van der Waals surface area contributed by atoms with Gasteiger partial charge in [-0.1, -0.05) is 13.8 Å². The highest BCUT2D eigenvalue weighted by atomic mass is 32.1. The van der Waals surface area contributed by atoms with E-state index in [0.717, 1.165) is 39.7 Å². The summed E-state index contributed by atoms with van der Waals surface area (Å²) in [5, 5.41) is 9.99. The summed E-state index contributed by atoms with van der Waals surface area (Å²) < 4.78 is 5.56. The number of aryl methyl sites for hydroxylation is 1. The van der Waals surface area contributed by atoms with E-state index in [9.17, 15) is 4.79 Å². The number of aliphatic carboxylic acids is 1. The van der Waals surface area contributed by atoms with Gasteiger partial charge in [0.25, 0.3) is 0 Å². The van der Waals surface area contributed by atoms with E-state index in [1.54, 1.807) is 0 Å². The molecule has 0 aliphatic carbocycles. The first-order chi connectivity index (χ1) is 10.1. The molecule has 0 amide bonds. The van der Waals surface area contributed by atoms with Gasteiger partial charge in [-0.25, -0.2) is 4.98 Å². The molecule has 2 aromatic rings. The Morgan fingerprint density at radius 2 is 2.00 bits per heavy atom. The molecule has 0 unspecified atom stereocenters. The Bertz CT molecular complexity index is 604. The number of ether oxygens (including phenoxy) is 1. The van der Waals surface area contributed by atoms with Crippen LogP contribution in [0.1, 0.15) is 30.2 Å². The van der Waals surface area contributed by atoms with Crippen LogP contribution >= 0.6 is 11.3 Å². The molecule has 0 radical (unpaired) electrons. The first kappa shape index (κ1) is 15.5. The smallest absolute Gasteiger partial charge is 0.308 e. The van der Waals surface area contributed by atoms with Gasteiger partial charge in [-0.2, -0.15) is 0 Å². The fraction of sp³-hybridized carbons (Fsp3) is 0.375. The van der Waals surface area contributed by atoms with Gasteiger partial charge in [0.2, 0.25) is 0 Å². The zero-order valence-corrected chi connectivity index (χ0v) is 13.1. The largest absolute Gasteiger partial charge is 0.494 e. The molecule has 1 N–H and O–H groups in total. The topological polar surface area (TPSA) is 59.4 Å². The molecule has 21 heavy (non-hydrogen) atoms. The number of benzene rings is 1. The standard InChI is InChI=1S/C16H19NO3S/c1-3-9-20-12-7-5-11(6-8-12)16-13(10-15(18)19)21-14(4-2)17-16/h5-8H,3-4,9-10H2,1-2H3,(H,18,19). The highest BCUT2D eigenvalue weighted by Gasteiger charge is 2.15. The lowest BCUT2D eigenvalue weighted by molar-refractivity contribution is -0.136. The molecule has 1 heterocycles. The van der Waals surface area contributed by atoms with Crippen LogP contribution in [0.5, 0.6) is 5.75 Å². The Morgan fingerprint density at radius 3 is 2.57 bits per heavy atom. The van der Waals surface area contributed by atoms with Crippen molar-refractivity contribution < 1.29 is 14.6 Å². The fourth-order valence-electron chi connectivity index (χ4n) is 1.96. The lowest BCUT2D eigenvalue weighted by Crippen LogP contribution is -1.99. The monoisotopic (exact) mass is 305 g/mol. The molecular formula is C16H19NO3S. The molecule has 4 nitrogen and oxygen atoms in total. The van der Waals surface area contributed by atoms with Crippen LogP contribution in [0.4, 0.5) is 0 Å².